The van der Waals surface area contributed by atoms with Crippen molar-refractivity contribution in [2.75, 3.05) is 4.90 Å². The van der Waals surface area contributed by atoms with E-state index in [1.807, 2.05) is 0 Å². The maximum atomic E-state index is 13.1. The highest BCUT2D eigenvalue weighted by Gasteiger charge is 2.40. The average molecular weight is 394 g/mol. The lowest BCUT2D eigenvalue weighted by molar-refractivity contribution is -0.384. The summed E-state index contributed by atoms with van der Waals surface area (Å²) < 4.78 is 0. The summed E-state index contributed by atoms with van der Waals surface area (Å²) in [5.41, 5.74) is 6.05. The van der Waals surface area contributed by atoms with Gasteiger partial charge in [-0.05, 0) is 24.1 Å². The zero-order chi connectivity index (χ0) is 20.3. The van der Waals surface area contributed by atoms with Crippen LogP contribution in [-0.4, -0.2) is 22.0 Å². The number of nitro groups is 1. The number of hydrogen-bond donors (Lipinski definition) is 1. The number of rotatable bonds is 5. The Morgan fingerprint density at radius 3 is 2.57 bits per heavy atom. The zero-order valence-electron chi connectivity index (χ0n) is 14.4. The lowest BCUT2D eigenvalue weighted by Crippen LogP contribution is -2.31. The van der Waals surface area contributed by atoms with Crippen molar-refractivity contribution in [1.82, 2.24) is 0 Å². The molecule has 1 heterocycles. The van der Waals surface area contributed by atoms with Crippen LogP contribution < -0.4 is 10.6 Å². The lowest BCUT2D eigenvalue weighted by atomic mass is 10.1. The molecule has 2 amide bonds. The van der Waals surface area contributed by atoms with Gasteiger partial charge in [0.1, 0.15) is 16.7 Å². The molecule has 8 nitrogen and oxygen atoms in total. The number of nitriles is 1. The Balaban J connectivity index is 2.00. The van der Waals surface area contributed by atoms with E-state index in [-0.39, 0.29) is 28.6 Å². The van der Waals surface area contributed by atoms with Crippen molar-refractivity contribution in [3.8, 4) is 6.07 Å². The number of hydrogen-bond acceptors (Lipinski definition) is 6. The Morgan fingerprint density at radius 2 is 1.96 bits per heavy atom. The van der Waals surface area contributed by atoms with E-state index >= 15 is 0 Å². The molecule has 0 aliphatic carbocycles. The standard InChI is InChI=1S/C19H14N4O4S/c20-11-15(17(21)24)19-22(13-6-2-1-3-7-13)18(25)16(28-19)10-12-5-4-8-14(9-12)23(26)27/h1-9,16H,10H2,(H2,21,24)/b19-15-/t16-/m0/s1. The molecule has 2 aromatic rings. The van der Waals surface area contributed by atoms with Gasteiger partial charge in [0.25, 0.3) is 11.6 Å². The molecule has 2 aromatic carbocycles. The number of benzene rings is 2. The fourth-order valence-electron chi connectivity index (χ4n) is 2.82. The fraction of sp³-hybridized carbons (Fsp3) is 0.105. The maximum absolute atomic E-state index is 13.1. The molecule has 1 fully saturated rings. The summed E-state index contributed by atoms with van der Waals surface area (Å²) in [6.45, 7) is 0. The molecular weight excluding hydrogens is 380 g/mol. The number of nitro benzene ring substituents is 1. The van der Waals surface area contributed by atoms with Crippen LogP contribution in [0.3, 0.4) is 0 Å². The molecule has 28 heavy (non-hydrogen) atoms. The Labute approximate surface area is 164 Å². The minimum Gasteiger partial charge on any atom is -0.365 e. The van der Waals surface area contributed by atoms with Crippen LogP contribution >= 0.6 is 11.8 Å². The van der Waals surface area contributed by atoms with Crippen LogP contribution in [0.25, 0.3) is 0 Å². The first-order valence-corrected chi connectivity index (χ1v) is 9.03. The number of primary amides is 1. The van der Waals surface area contributed by atoms with E-state index in [1.54, 1.807) is 48.5 Å². The Hall–Kier alpha value is -3.64. The molecule has 0 aromatic heterocycles. The highest BCUT2D eigenvalue weighted by atomic mass is 32.2. The number of carbonyl (C=O) groups excluding carboxylic acids is 2. The first kappa shape index (κ1) is 19.1. The summed E-state index contributed by atoms with van der Waals surface area (Å²) in [5.74, 6) is -1.25. The first-order chi connectivity index (χ1) is 13.4. The molecule has 0 bridgehead atoms. The van der Waals surface area contributed by atoms with Crippen LogP contribution in [0.2, 0.25) is 0 Å². The van der Waals surface area contributed by atoms with E-state index in [9.17, 15) is 25.0 Å². The number of anilines is 1. The van der Waals surface area contributed by atoms with Gasteiger partial charge in [0.05, 0.1) is 10.2 Å². The van der Waals surface area contributed by atoms with E-state index in [0.29, 0.717) is 11.3 Å². The van der Waals surface area contributed by atoms with Gasteiger partial charge in [-0.25, -0.2) is 0 Å². The SMILES string of the molecule is N#C/C(C(N)=O)=C1/S[C@@H](Cc2cccc([N+](=O)[O-])c2)C(=O)N1c1ccccc1. The van der Waals surface area contributed by atoms with Crippen LogP contribution in [0.15, 0.2) is 65.2 Å². The number of carbonyl (C=O) groups is 2. The van der Waals surface area contributed by atoms with Gasteiger partial charge in [-0.3, -0.25) is 24.6 Å². The predicted octanol–water partition coefficient (Wildman–Crippen LogP) is 2.51. The minimum atomic E-state index is -0.922. The second kappa shape index (κ2) is 7.94. The second-order valence-corrected chi connectivity index (χ2v) is 7.09. The van der Waals surface area contributed by atoms with E-state index in [2.05, 4.69) is 0 Å². The molecule has 2 N–H and O–H groups in total. The van der Waals surface area contributed by atoms with Crippen molar-refractivity contribution in [2.45, 2.75) is 11.7 Å². The van der Waals surface area contributed by atoms with Crippen molar-refractivity contribution in [1.29, 1.82) is 5.26 Å². The molecule has 1 aliphatic rings. The summed E-state index contributed by atoms with van der Waals surface area (Å²) in [4.78, 5) is 36.5. The molecule has 0 spiro atoms. The molecule has 140 valence electrons. The van der Waals surface area contributed by atoms with E-state index in [4.69, 9.17) is 5.73 Å². The Bertz CT molecular complexity index is 1030. The molecule has 9 heteroatoms. The maximum Gasteiger partial charge on any atom is 0.269 e. The van der Waals surface area contributed by atoms with Crippen LogP contribution in [0, 0.1) is 21.4 Å². The van der Waals surface area contributed by atoms with Crippen LogP contribution in [0.1, 0.15) is 5.56 Å². The minimum absolute atomic E-state index is 0.0709. The van der Waals surface area contributed by atoms with E-state index in [0.717, 1.165) is 11.8 Å². The van der Waals surface area contributed by atoms with Crippen molar-refractivity contribution < 1.29 is 14.5 Å². The Kier molecular flexibility index (Phi) is 5.42. The molecule has 1 saturated heterocycles. The highest BCUT2D eigenvalue weighted by Crippen LogP contribution is 2.41. The average Bonchev–Trinajstić information content (AvgIpc) is 2.99. The predicted molar refractivity (Wildman–Crippen MR) is 104 cm³/mol. The highest BCUT2D eigenvalue weighted by molar-refractivity contribution is 8.05. The smallest absolute Gasteiger partial charge is 0.269 e. The van der Waals surface area contributed by atoms with Crippen LogP contribution in [0.5, 0.6) is 0 Å². The summed E-state index contributed by atoms with van der Waals surface area (Å²) in [6, 6.07) is 16.4. The number of nitrogens with zero attached hydrogens (tertiary/aromatic N) is 3. The van der Waals surface area contributed by atoms with Crippen LogP contribution in [0.4, 0.5) is 11.4 Å². The molecular formula is C19H14N4O4S. The third-order valence-electron chi connectivity index (χ3n) is 4.08. The van der Waals surface area contributed by atoms with Gasteiger partial charge in [-0.2, -0.15) is 5.26 Å². The monoisotopic (exact) mass is 394 g/mol. The normalized spacial score (nSPS) is 17.9. The summed E-state index contributed by atoms with van der Waals surface area (Å²) in [6.07, 6.45) is 0.204. The number of para-hydroxylation sites is 1. The van der Waals surface area contributed by atoms with Crippen molar-refractivity contribution in [3.05, 3.63) is 80.9 Å². The lowest BCUT2D eigenvalue weighted by Gasteiger charge is -2.18. The second-order valence-electron chi connectivity index (χ2n) is 5.90. The van der Waals surface area contributed by atoms with Crippen molar-refractivity contribution in [3.63, 3.8) is 0 Å². The van der Waals surface area contributed by atoms with Gasteiger partial charge in [-0.15, -0.1) is 0 Å². The largest absolute Gasteiger partial charge is 0.365 e. The third-order valence-corrected chi connectivity index (χ3v) is 5.34. The number of thioether (sulfide) groups is 1. The topological polar surface area (TPSA) is 130 Å². The van der Waals surface area contributed by atoms with Gasteiger partial charge in [0.15, 0.2) is 0 Å². The quantitative estimate of drug-likeness (QED) is 0.359. The molecule has 0 saturated carbocycles. The third kappa shape index (κ3) is 3.72. The molecule has 1 aliphatic heterocycles. The molecule has 0 unspecified atom stereocenters. The van der Waals surface area contributed by atoms with Crippen molar-refractivity contribution in [2.24, 2.45) is 5.73 Å². The fourth-order valence-corrected chi connectivity index (χ4v) is 4.14. The van der Waals surface area contributed by atoms with Gasteiger partial charge in [-0.1, -0.05) is 42.1 Å². The molecule has 0 radical (unpaired) electrons. The summed E-state index contributed by atoms with van der Waals surface area (Å²) in [5, 5.41) is 19.8. The number of amides is 2. The van der Waals surface area contributed by atoms with Crippen LogP contribution in [-0.2, 0) is 16.0 Å². The van der Waals surface area contributed by atoms with Gasteiger partial charge in [0, 0.05) is 17.8 Å². The summed E-state index contributed by atoms with van der Waals surface area (Å²) in [7, 11) is 0. The van der Waals surface area contributed by atoms with Gasteiger partial charge in [0.2, 0.25) is 5.91 Å². The molecule has 1 atom stereocenters. The van der Waals surface area contributed by atoms with E-state index in [1.165, 1.54) is 17.0 Å². The summed E-state index contributed by atoms with van der Waals surface area (Å²) >= 11 is 1.05. The molecule has 3 rings (SSSR count). The number of nitrogens with two attached hydrogens (primary N) is 1. The zero-order valence-corrected chi connectivity index (χ0v) is 15.3. The van der Waals surface area contributed by atoms with Gasteiger partial charge < -0.3 is 5.73 Å². The first-order valence-electron chi connectivity index (χ1n) is 8.15. The Morgan fingerprint density at radius 1 is 1.25 bits per heavy atom. The number of non-ortho nitro benzene ring substituents is 1. The van der Waals surface area contributed by atoms with E-state index < -0.39 is 16.1 Å². The van der Waals surface area contributed by atoms with Gasteiger partial charge >= 0.3 is 0 Å². The van der Waals surface area contributed by atoms with Crippen molar-refractivity contribution >= 4 is 35.0 Å².